The molecule has 1 aromatic carbocycles. The van der Waals surface area contributed by atoms with Gasteiger partial charge in [-0.3, -0.25) is 5.10 Å². The average Bonchev–Trinajstić information content (AvgIpc) is 2.59. The lowest BCUT2D eigenvalue weighted by atomic mass is 10.3. The van der Waals surface area contributed by atoms with E-state index < -0.39 is 5.82 Å². The molecule has 0 radical (unpaired) electrons. The summed E-state index contributed by atoms with van der Waals surface area (Å²) in [5.74, 6) is 5.67. The second kappa shape index (κ2) is 4.31. The van der Waals surface area contributed by atoms with Crippen LogP contribution in [0, 0.1) is 10.6 Å². The number of para-hydroxylation sites is 1. The number of rotatable bonds is 3. The molecule has 84 valence electrons. The average molecular weight is 240 g/mol. The van der Waals surface area contributed by atoms with Crippen molar-refractivity contribution in [3.05, 3.63) is 40.7 Å². The summed E-state index contributed by atoms with van der Waals surface area (Å²) in [7, 11) is 0. The number of H-pyrrole nitrogens is 1. The van der Waals surface area contributed by atoms with Gasteiger partial charge in [-0.25, -0.2) is 9.07 Å². The van der Waals surface area contributed by atoms with Crippen LogP contribution in [0.3, 0.4) is 0 Å². The molecule has 0 spiro atoms. The van der Waals surface area contributed by atoms with Crippen molar-refractivity contribution in [1.29, 1.82) is 0 Å². The van der Waals surface area contributed by atoms with Crippen LogP contribution in [0.25, 0.3) is 0 Å². The first-order valence-corrected chi connectivity index (χ1v) is 4.88. The van der Waals surface area contributed by atoms with Crippen LogP contribution in [0.1, 0.15) is 5.82 Å². The van der Waals surface area contributed by atoms with E-state index in [9.17, 15) is 4.39 Å². The highest BCUT2D eigenvalue weighted by Gasteiger charge is 2.06. The minimum Gasteiger partial charge on any atom is -0.482 e. The molecule has 7 heteroatoms. The largest absolute Gasteiger partial charge is 0.482 e. The number of nitrogens with one attached hydrogen (secondary N) is 1. The molecule has 0 saturated carbocycles. The standard InChI is InChI=1S/C9H9FN4OS/c10-6-3-1-2-4-7(6)15-5-8-12-13-9(16)14(8)11/h1-4H,5,11H2,(H,13,16). The Bertz CT molecular complexity index is 550. The highest BCUT2D eigenvalue weighted by Crippen LogP contribution is 2.16. The Hall–Kier alpha value is -1.89. The van der Waals surface area contributed by atoms with Crippen LogP contribution in [0.15, 0.2) is 24.3 Å². The Kier molecular flexibility index (Phi) is 2.86. The Morgan fingerprint density at radius 1 is 1.50 bits per heavy atom. The Balaban J connectivity index is 2.11. The van der Waals surface area contributed by atoms with Gasteiger partial charge in [-0.2, -0.15) is 5.10 Å². The molecule has 0 fully saturated rings. The van der Waals surface area contributed by atoms with Crippen molar-refractivity contribution in [2.45, 2.75) is 6.61 Å². The lowest BCUT2D eigenvalue weighted by Crippen LogP contribution is -2.14. The van der Waals surface area contributed by atoms with Crippen molar-refractivity contribution < 1.29 is 9.13 Å². The third-order valence-electron chi connectivity index (χ3n) is 1.97. The van der Waals surface area contributed by atoms with Crippen LogP contribution in [0.4, 0.5) is 4.39 Å². The van der Waals surface area contributed by atoms with Crippen molar-refractivity contribution in [1.82, 2.24) is 14.9 Å². The molecule has 0 aliphatic rings. The molecule has 0 atom stereocenters. The molecule has 3 N–H and O–H groups in total. The van der Waals surface area contributed by atoms with E-state index in [1.165, 1.54) is 16.8 Å². The minimum absolute atomic E-state index is 0.0462. The number of nitrogens with two attached hydrogens (primary N) is 1. The number of nitrogens with zero attached hydrogens (tertiary/aromatic N) is 2. The van der Waals surface area contributed by atoms with E-state index in [1.807, 2.05) is 0 Å². The maximum absolute atomic E-state index is 13.2. The van der Waals surface area contributed by atoms with Gasteiger partial charge in [0.1, 0.15) is 6.61 Å². The van der Waals surface area contributed by atoms with E-state index in [1.54, 1.807) is 12.1 Å². The Morgan fingerprint density at radius 3 is 2.88 bits per heavy atom. The van der Waals surface area contributed by atoms with Gasteiger partial charge in [0.25, 0.3) is 0 Å². The van der Waals surface area contributed by atoms with Crippen molar-refractivity contribution in [3.8, 4) is 5.75 Å². The zero-order valence-electron chi connectivity index (χ0n) is 8.18. The van der Waals surface area contributed by atoms with Gasteiger partial charge in [-0.05, 0) is 24.4 Å². The number of hydrogen-bond acceptors (Lipinski definition) is 4. The number of halogens is 1. The van der Waals surface area contributed by atoms with Gasteiger partial charge < -0.3 is 10.6 Å². The molecule has 0 aliphatic heterocycles. The third-order valence-corrected chi connectivity index (χ3v) is 2.26. The number of aromatic amines is 1. The van der Waals surface area contributed by atoms with Gasteiger partial charge >= 0.3 is 0 Å². The fourth-order valence-electron chi connectivity index (χ4n) is 1.14. The Morgan fingerprint density at radius 2 is 2.25 bits per heavy atom. The zero-order valence-corrected chi connectivity index (χ0v) is 9.00. The minimum atomic E-state index is -0.430. The molecule has 0 aliphatic carbocycles. The first kappa shape index (κ1) is 10.6. The molecule has 2 rings (SSSR count). The second-order valence-corrected chi connectivity index (χ2v) is 3.42. The number of hydrogen-bond donors (Lipinski definition) is 2. The van der Waals surface area contributed by atoms with Gasteiger partial charge in [0.05, 0.1) is 0 Å². The molecular weight excluding hydrogens is 231 g/mol. The summed E-state index contributed by atoms with van der Waals surface area (Å²) in [6.45, 7) is 0.0462. The normalized spacial score (nSPS) is 10.3. The second-order valence-electron chi connectivity index (χ2n) is 3.03. The smallest absolute Gasteiger partial charge is 0.214 e. The number of aromatic nitrogens is 3. The molecule has 1 aromatic heterocycles. The lowest BCUT2D eigenvalue weighted by molar-refractivity contribution is 0.278. The van der Waals surface area contributed by atoms with E-state index in [0.717, 1.165) is 0 Å². The van der Waals surface area contributed by atoms with E-state index in [4.69, 9.17) is 22.8 Å². The van der Waals surface area contributed by atoms with Crippen LogP contribution in [0.2, 0.25) is 0 Å². The predicted octanol–water partition coefficient (Wildman–Crippen LogP) is 1.37. The van der Waals surface area contributed by atoms with Crippen LogP contribution >= 0.6 is 12.2 Å². The van der Waals surface area contributed by atoms with Gasteiger partial charge in [0.15, 0.2) is 17.4 Å². The molecule has 16 heavy (non-hydrogen) atoms. The first-order chi connectivity index (χ1) is 7.68. The van der Waals surface area contributed by atoms with Gasteiger partial charge in [-0.15, -0.1) is 0 Å². The van der Waals surface area contributed by atoms with Crippen molar-refractivity contribution in [3.63, 3.8) is 0 Å². The summed E-state index contributed by atoms with van der Waals surface area (Å²) < 4.78 is 19.9. The first-order valence-electron chi connectivity index (χ1n) is 4.47. The van der Waals surface area contributed by atoms with Crippen LogP contribution in [0.5, 0.6) is 5.75 Å². The summed E-state index contributed by atoms with van der Waals surface area (Å²) in [6, 6.07) is 6.10. The quantitative estimate of drug-likeness (QED) is 0.628. The molecule has 0 amide bonds. The number of ether oxygens (including phenoxy) is 1. The zero-order chi connectivity index (χ0) is 11.5. The fraction of sp³-hybridized carbons (Fsp3) is 0.111. The summed E-state index contributed by atoms with van der Waals surface area (Å²) in [5.41, 5.74) is 0. The van der Waals surface area contributed by atoms with Crippen LogP contribution in [-0.2, 0) is 6.61 Å². The van der Waals surface area contributed by atoms with Crippen molar-refractivity contribution in [2.24, 2.45) is 0 Å². The number of nitrogen functional groups attached to an aromatic ring is 1. The van der Waals surface area contributed by atoms with Gasteiger partial charge in [-0.1, -0.05) is 12.1 Å². The SMILES string of the molecule is Nn1c(COc2ccccc2F)n[nH]c1=S. The van der Waals surface area contributed by atoms with Crippen molar-refractivity contribution >= 4 is 12.2 Å². The lowest BCUT2D eigenvalue weighted by Gasteiger charge is -2.05. The number of benzene rings is 1. The molecule has 5 nitrogen and oxygen atoms in total. The molecule has 0 bridgehead atoms. The monoisotopic (exact) mass is 240 g/mol. The molecular formula is C9H9FN4OS. The molecule has 1 heterocycles. The topological polar surface area (TPSA) is 68.9 Å². The molecule has 0 saturated heterocycles. The van der Waals surface area contributed by atoms with Crippen LogP contribution in [-0.4, -0.2) is 14.9 Å². The summed E-state index contributed by atoms with van der Waals surface area (Å²) >= 11 is 4.82. The highest BCUT2D eigenvalue weighted by molar-refractivity contribution is 7.71. The van der Waals surface area contributed by atoms with Gasteiger partial charge in [0, 0.05) is 0 Å². The summed E-state index contributed by atoms with van der Waals surface area (Å²) in [6.07, 6.45) is 0. The van der Waals surface area contributed by atoms with E-state index in [0.29, 0.717) is 5.82 Å². The molecule has 2 aromatic rings. The maximum Gasteiger partial charge on any atom is 0.214 e. The fourth-order valence-corrected chi connectivity index (χ4v) is 1.29. The van der Waals surface area contributed by atoms with Crippen LogP contribution < -0.4 is 10.6 Å². The molecule has 0 unspecified atom stereocenters. The maximum atomic E-state index is 13.2. The van der Waals surface area contributed by atoms with E-state index in [-0.39, 0.29) is 17.1 Å². The summed E-state index contributed by atoms with van der Waals surface area (Å²) in [5, 5.41) is 6.34. The van der Waals surface area contributed by atoms with Crippen molar-refractivity contribution in [2.75, 3.05) is 5.84 Å². The van der Waals surface area contributed by atoms with E-state index in [2.05, 4.69) is 10.2 Å². The summed E-state index contributed by atoms with van der Waals surface area (Å²) in [4.78, 5) is 0. The highest BCUT2D eigenvalue weighted by atomic mass is 32.1. The third kappa shape index (κ3) is 2.03. The van der Waals surface area contributed by atoms with E-state index >= 15 is 0 Å². The van der Waals surface area contributed by atoms with Gasteiger partial charge in [0.2, 0.25) is 4.77 Å². The predicted molar refractivity (Wildman–Crippen MR) is 58.3 cm³/mol. The Labute approximate surface area is 95.6 Å².